The average Bonchev–Trinajstić information content (AvgIpc) is 2.85. The van der Waals surface area contributed by atoms with Gasteiger partial charge in [-0.15, -0.1) is 0 Å². The van der Waals surface area contributed by atoms with E-state index in [0.29, 0.717) is 21.6 Å². The van der Waals surface area contributed by atoms with E-state index < -0.39 is 15.9 Å². The Bertz CT molecular complexity index is 860. The van der Waals surface area contributed by atoms with Crippen LogP contribution in [0.4, 0.5) is 0 Å². The highest BCUT2D eigenvalue weighted by atomic mass is 32.2. The van der Waals surface area contributed by atoms with Crippen LogP contribution in [0.15, 0.2) is 53.4 Å². The molecule has 6 heteroatoms. The second kappa shape index (κ2) is 5.79. The quantitative estimate of drug-likeness (QED) is 0.930. The summed E-state index contributed by atoms with van der Waals surface area (Å²) in [6, 6.07) is 13.0. The van der Waals surface area contributed by atoms with E-state index >= 15 is 0 Å². The first-order valence-electron chi connectivity index (χ1n) is 7.22. The van der Waals surface area contributed by atoms with Gasteiger partial charge in [-0.25, -0.2) is 8.42 Å². The van der Waals surface area contributed by atoms with Crippen LogP contribution in [-0.2, 0) is 16.4 Å². The summed E-state index contributed by atoms with van der Waals surface area (Å²) in [7, 11) is -1.75. The smallest absolute Gasteiger partial charge is 0.254 e. The molecule has 0 spiro atoms. The molecule has 1 unspecified atom stereocenters. The minimum atomic E-state index is -3.36. The molecular weight excluding hydrogens is 314 g/mol. The number of aliphatic hydroxyl groups is 1. The Morgan fingerprint density at radius 3 is 2.70 bits per heavy atom. The van der Waals surface area contributed by atoms with Gasteiger partial charge in [-0.05, 0) is 29.3 Å². The van der Waals surface area contributed by atoms with Crippen molar-refractivity contribution in [2.75, 3.05) is 12.8 Å². The van der Waals surface area contributed by atoms with Gasteiger partial charge in [0, 0.05) is 12.6 Å². The monoisotopic (exact) mass is 331 g/mol. The highest BCUT2D eigenvalue weighted by Gasteiger charge is 2.38. The van der Waals surface area contributed by atoms with Gasteiger partial charge >= 0.3 is 0 Å². The summed E-state index contributed by atoms with van der Waals surface area (Å²) in [6.45, 7) is -0.147. The van der Waals surface area contributed by atoms with Crippen molar-refractivity contribution in [1.29, 1.82) is 0 Å². The minimum Gasteiger partial charge on any atom is -0.392 e. The predicted molar refractivity (Wildman–Crippen MR) is 85.7 cm³/mol. The molecular formula is C17H17NO4S. The van der Waals surface area contributed by atoms with Crippen LogP contribution < -0.4 is 0 Å². The molecule has 3 rings (SSSR count). The van der Waals surface area contributed by atoms with Crippen LogP contribution in [0.5, 0.6) is 0 Å². The van der Waals surface area contributed by atoms with Gasteiger partial charge in [0.1, 0.15) is 0 Å². The van der Waals surface area contributed by atoms with Crippen LogP contribution in [0.2, 0.25) is 0 Å². The van der Waals surface area contributed by atoms with Gasteiger partial charge in [-0.2, -0.15) is 0 Å². The molecule has 2 aromatic rings. The number of rotatable bonds is 3. The lowest BCUT2D eigenvalue weighted by molar-refractivity contribution is 0.0745. The number of hydrogen-bond donors (Lipinski definition) is 1. The highest BCUT2D eigenvalue weighted by Crippen LogP contribution is 2.36. The van der Waals surface area contributed by atoms with Crippen molar-refractivity contribution in [2.45, 2.75) is 17.5 Å². The molecule has 1 N–H and O–H groups in total. The average molecular weight is 331 g/mol. The van der Waals surface area contributed by atoms with Gasteiger partial charge in [0.2, 0.25) is 0 Å². The molecule has 0 fully saturated rings. The molecule has 23 heavy (non-hydrogen) atoms. The lowest BCUT2D eigenvalue weighted by atomic mass is 10.1. The van der Waals surface area contributed by atoms with Gasteiger partial charge in [-0.1, -0.05) is 30.3 Å². The summed E-state index contributed by atoms with van der Waals surface area (Å²) in [4.78, 5) is 14.4. The second-order valence-corrected chi connectivity index (χ2v) is 7.61. The SMILES string of the molecule is CN(C(=O)c1cccc(CO)c1)C1CS(=O)(=O)c2ccccc21. The molecule has 5 nitrogen and oxygen atoms in total. The summed E-state index contributed by atoms with van der Waals surface area (Å²) in [5.74, 6) is -0.369. The number of amides is 1. The molecule has 0 saturated heterocycles. The zero-order valence-corrected chi connectivity index (χ0v) is 13.5. The molecule has 0 saturated carbocycles. The summed E-state index contributed by atoms with van der Waals surface area (Å²) in [5, 5.41) is 9.19. The molecule has 1 heterocycles. The zero-order valence-electron chi connectivity index (χ0n) is 12.6. The molecule has 1 aliphatic rings. The van der Waals surface area contributed by atoms with Crippen molar-refractivity contribution in [2.24, 2.45) is 0 Å². The van der Waals surface area contributed by atoms with Crippen LogP contribution >= 0.6 is 0 Å². The Morgan fingerprint density at radius 2 is 1.96 bits per heavy atom. The van der Waals surface area contributed by atoms with E-state index in [-0.39, 0.29) is 18.3 Å². The maximum atomic E-state index is 12.7. The predicted octanol–water partition coefficient (Wildman–Crippen LogP) is 1.78. The fourth-order valence-electron chi connectivity index (χ4n) is 2.89. The number of aliphatic hydroxyl groups excluding tert-OH is 1. The molecule has 1 amide bonds. The third kappa shape index (κ3) is 2.75. The van der Waals surface area contributed by atoms with E-state index in [0.717, 1.165) is 0 Å². The summed E-state index contributed by atoms with van der Waals surface area (Å²) < 4.78 is 24.5. The van der Waals surface area contributed by atoms with E-state index in [9.17, 15) is 18.3 Å². The maximum absolute atomic E-state index is 12.7. The van der Waals surface area contributed by atoms with Crippen LogP contribution in [0.25, 0.3) is 0 Å². The maximum Gasteiger partial charge on any atom is 0.254 e. The molecule has 2 aromatic carbocycles. The largest absolute Gasteiger partial charge is 0.392 e. The molecule has 0 bridgehead atoms. The van der Waals surface area contributed by atoms with Gasteiger partial charge in [0.15, 0.2) is 9.84 Å². The van der Waals surface area contributed by atoms with E-state index in [2.05, 4.69) is 0 Å². The van der Waals surface area contributed by atoms with Crippen molar-refractivity contribution in [3.05, 3.63) is 65.2 Å². The van der Waals surface area contributed by atoms with Crippen molar-refractivity contribution in [3.8, 4) is 0 Å². The Labute approximate surface area is 135 Å². The van der Waals surface area contributed by atoms with Crippen LogP contribution in [0.1, 0.15) is 27.5 Å². The lowest BCUT2D eigenvalue weighted by Gasteiger charge is -2.24. The van der Waals surface area contributed by atoms with Crippen molar-refractivity contribution >= 4 is 15.7 Å². The van der Waals surface area contributed by atoms with E-state index in [1.54, 1.807) is 55.6 Å². The first kappa shape index (κ1) is 15.7. The fraction of sp³-hybridized carbons (Fsp3) is 0.235. The van der Waals surface area contributed by atoms with E-state index in [4.69, 9.17) is 0 Å². The van der Waals surface area contributed by atoms with Gasteiger partial charge in [0.25, 0.3) is 5.91 Å². The van der Waals surface area contributed by atoms with Gasteiger partial charge in [0.05, 0.1) is 23.3 Å². The summed E-state index contributed by atoms with van der Waals surface area (Å²) >= 11 is 0. The number of nitrogens with zero attached hydrogens (tertiary/aromatic N) is 1. The summed E-state index contributed by atoms with van der Waals surface area (Å²) in [5.41, 5.74) is 1.73. The fourth-order valence-corrected chi connectivity index (χ4v) is 4.74. The number of hydrogen-bond acceptors (Lipinski definition) is 4. The number of sulfone groups is 1. The minimum absolute atomic E-state index is 0.103. The Kier molecular flexibility index (Phi) is 3.95. The first-order valence-corrected chi connectivity index (χ1v) is 8.88. The Hall–Kier alpha value is -2.18. The van der Waals surface area contributed by atoms with Crippen molar-refractivity contribution < 1.29 is 18.3 Å². The molecule has 0 radical (unpaired) electrons. The number of fused-ring (bicyclic) bond motifs is 1. The van der Waals surface area contributed by atoms with Crippen molar-refractivity contribution in [3.63, 3.8) is 0 Å². The lowest BCUT2D eigenvalue weighted by Crippen LogP contribution is -2.32. The number of carbonyl (C=O) groups is 1. The first-order chi connectivity index (χ1) is 10.9. The van der Waals surface area contributed by atoms with Gasteiger partial charge in [-0.3, -0.25) is 4.79 Å². The molecule has 0 aliphatic carbocycles. The standard InChI is InChI=1S/C17H17NO4S/c1-18(17(20)13-6-4-5-12(9-13)10-19)15-11-23(21,22)16-8-3-2-7-14(15)16/h2-9,15,19H,10-11H2,1H3. The molecule has 1 atom stereocenters. The highest BCUT2D eigenvalue weighted by molar-refractivity contribution is 7.91. The molecule has 1 aliphatic heterocycles. The second-order valence-electron chi connectivity index (χ2n) is 5.61. The normalized spacial score (nSPS) is 18.4. The van der Waals surface area contributed by atoms with Crippen LogP contribution in [0.3, 0.4) is 0 Å². The topological polar surface area (TPSA) is 74.7 Å². The zero-order chi connectivity index (χ0) is 16.6. The van der Waals surface area contributed by atoms with Crippen LogP contribution in [0, 0.1) is 0 Å². The third-order valence-electron chi connectivity index (χ3n) is 4.13. The molecule has 120 valence electrons. The molecule has 0 aromatic heterocycles. The van der Waals surface area contributed by atoms with Crippen LogP contribution in [-0.4, -0.2) is 37.1 Å². The van der Waals surface area contributed by atoms with Gasteiger partial charge < -0.3 is 10.0 Å². The van der Waals surface area contributed by atoms with Crippen molar-refractivity contribution in [1.82, 2.24) is 4.90 Å². The van der Waals surface area contributed by atoms with E-state index in [1.807, 2.05) is 0 Å². The number of carbonyl (C=O) groups excluding carboxylic acids is 1. The number of benzene rings is 2. The Morgan fingerprint density at radius 1 is 1.22 bits per heavy atom. The third-order valence-corrected chi connectivity index (χ3v) is 5.93. The van der Waals surface area contributed by atoms with E-state index in [1.165, 1.54) is 4.90 Å². The Balaban J connectivity index is 1.95. The summed E-state index contributed by atoms with van der Waals surface area (Å²) in [6.07, 6.45) is 0.